The maximum atomic E-state index is 12.2. The Hall–Kier alpha value is -1.07. The fraction of sp³-hybridized carbons (Fsp3) is 0.385. The van der Waals surface area contributed by atoms with Crippen LogP contribution < -0.4 is 0 Å². The Morgan fingerprint density at radius 3 is 3.00 bits per heavy atom. The molecule has 2 aromatic heterocycles. The van der Waals surface area contributed by atoms with Crippen molar-refractivity contribution < 1.29 is 9.53 Å². The third kappa shape index (κ3) is 2.25. The van der Waals surface area contributed by atoms with Crippen LogP contribution in [0.3, 0.4) is 0 Å². The number of carbonyl (C=O) groups excluding carboxylic acids is 1. The van der Waals surface area contributed by atoms with Gasteiger partial charge in [-0.2, -0.15) is 0 Å². The minimum Gasteiger partial charge on any atom is -0.461 e. The number of esters is 1. The van der Waals surface area contributed by atoms with E-state index in [1.807, 2.05) is 0 Å². The van der Waals surface area contributed by atoms with Gasteiger partial charge in [0.15, 0.2) is 11.3 Å². The van der Waals surface area contributed by atoms with Crippen molar-refractivity contribution in [2.24, 2.45) is 0 Å². The van der Waals surface area contributed by atoms with Gasteiger partial charge in [-0.3, -0.25) is 4.40 Å². The van der Waals surface area contributed by atoms with Gasteiger partial charge in [-0.25, -0.2) is 9.78 Å². The summed E-state index contributed by atoms with van der Waals surface area (Å²) < 4.78 is 7.66. The van der Waals surface area contributed by atoms with Gasteiger partial charge in [-0.05, 0) is 41.8 Å². The maximum Gasteiger partial charge on any atom is 0.357 e. The van der Waals surface area contributed by atoms with E-state index in [0.717, 1.165) is 23.0 Å². The number of nitrogens with zero attached hydrogens (tertiary/aromatic N) is 2. The maximum absolute atomic E-state index is 12.2. The van der Waals surface area contributed by atoms with Gasteiger partial charge in [0.2, 0.25) is 0 Å². The van der Waals surface area contributed by atoms with Crippen molar-refractivity contribution in [2.75, 3.05) is 6.61 Å². The molecule has 0 saturated heterocycles. The number of hydrogen-bond donors (Lipinski definition) is 0. The molecule has 0 bridgehead atoms. The van der Waals surface area contributed by atoms with Crippen molar-refractivity contribution in [1.29, 1.82) is 0 Å². The summed E-state index contributed by atoms with van der Waals surface area (Å²) in [7, 11) is 0. The predicted molar refractivity (Wildman–Crippen MR) is 75.8 cm³/mol. The van der Waals surface area contributed by atoms with Crippen molar-refractivity contribution in [3.63, 3.8) is 0 Å². The van der Waals surface area contributed by atoms with Gasteiger partial charge in [0.25, 0.3) is 0 Å². The Morgan fingerprint density at radius 2 is 2.37 bits per heavy atom. The van der Waals surface area contributed by atoms with E-state index >= 15 is 0 Å². The molecule has 0 amide bonds. The quantitative estimate of drug-likeness (QED) is 0.796. The van der Waals surface area contributed by atoms with Gasteiger partial charge in [0, 0.05) is 16.6 Å². The van der Waals surface area contributed by atoms with Crippen molar-refractivity contribution in [3.05, 3.63) is 33.1 Å². The molecule has 0 radical (unpaired) electrons. The van der Waals surface area contributed by atoms with E-state index in [1.165, 1.54) is 0 Å². The predicted octanol–water partition coefficient (Wildman–Crippen LogP) is 3.80. The zero-order valence-corrected chi connectivity index (χ0v) is 12.7. The molecular formula is C13H12BrClN2O2. The molecule has 100 valence electrons. The molecular weight excluding hydrogens is 332 g/mol. The van der Waals surface area contributed by atoms with Crippen LogP contribution >= 0.6 is 27.5 Å². The van der Waals surface area contributed by atoms with Crippen LogP contribution in [0, 0.1) is 0 Å². The SMILES string of the molecule is CCOC(=O)c1c(C2CC2)nc2c(Cl)cc(Br)cn12. The molecule has 2 aromatic rings. The Bertz CT molecular complexity index is 664. The second-order valence-electron chi connectivity index (χ2n) is 4.54. The second-order valence-corrected chi connectivity index (χ2v) is 5.86. The highest BCUT2D eigenvalue weighted by Gasteiger charge is 2.33. The molecule has 0 N–H and O–H groups in total. The molecule has 0 spiro atoms. The summed E-state index contributed by atoms with van der Waals surface area (Å²) in [6.07, 6.45) is 3.93. The summed E-state index contributed by atoms with van der Waals surface area (Å²) in [6, 6.07) is 1.77. The number of ether oxygens (including phenoxy) is 1. The highest BCUT2D eigenvalue weighted by molar-refractivity contribution is 9.10. The molecule has 3 rings (SSSR count). The summed E-state index contributed by atoms with van der Waals surface area (Å²) in [6.45, 7) is 2.14. The fourth-order valence-electron chi connectivity index (χ4n) is 2.13. The smallest absolute Gasteiger partial charge is 0.357 e. The molecule has 1 aliphatic carbocycles. The molecule has 0 unspecified atom stereocenters. The molecule has 19 heavy (non-hydrogen) atoms. The van der Waals surface area contributed by atoms with Gasteiger partial charge in [-0.1, -0.05) is 11.6 Å². The minimum absolute atomic E-state index is 0.342. The topological polar surface area (TPSA) is 43.6 Å². The molecule has 0 atom stereocenters. The Kier molecular flexibility index (Phi) is 3.27. The molecule has 1 fully saturated rings. The van der Waals surface area contributed by atoms with Crippen LogP contribution in [0.4, 0.5) is 0 Å². The van der Waals surface area contributed by atoms with Crippen LogP contribution in [0.5, 0.6) is 0 Å². The van der Waals surface area contributed by atoms with Crippen LogP contribution in [0.1, 0.15) is 41.9 Å². The average Bonchev–Trinajstić information content (AvgIpc) is 3.11. The highest BCUT2D eigenvalue weighted by Crippen LogP contribution is 2.42. The van der Waals surface area contributed by atoms with E-state index in [2.05, 4.69) is 20.9 Å². The lowest BCUT2D eigenvalue weighted by molar-refractivity contribution is 0.0517. The van der Waals surface area contributed by atoms with Crippen LogP contribution in [0.2, 0.25) is 5.02 Å². The normalized spacial score (nSPS) is 14.9. The average molecular weight is 344 g/mol. The minimum atomic E-state index is -0.342. The van der Waals surface area contributed by atoms with E-state index in [9.17, 15) is 4.79 Å². The van der Waals surface area contributed by atoms with Crippen LogP contribution in [0.25, 0.3) is 5.65 Å². The number of hydrogen-bond acceptors (Lipinski definition) is 3. The fourth-order valence-corrected chi connectivity index (χ4v) is 2.95. The molecule has 1 saturated carbocycles. The summed E-state index contributed by atoms with van der Waals surface area (Å²) in [5.74, 6) is 0.0141. The first-order valence-electron chi connectivity index (χ1n) is 6.16. The highest BCUT2D eigenvalue weighted by atomic mass is 79.9. The summed E-state index contributed by atoms with van der Waals surface area (Å²) in [5, 5.41) is 0.520. The number of halogens is 2. The lowest BCUT2D eigenvalue weighted by atomic mass is 10.2. The van der Waals surface area contributed by atoms with Crippen molar-refractivity contribution in [1.82, 2.24) is 9.38 Å². The summed E-state index contributed by atoms with van der Waals surface area (Å²) in [4.78, 5) is 16.7. The third-order valence-corrected chi connectivity index (χ3v) is 3.81. The van der Waals surface area contributed by atoms with Crippen LogP contribution in [-0.4, -0.2) is 22.0 Å². The Morgan fingerprint density at radius 1 is 1.63 bits per heavy atom. The Labute approximate surface area is 123 Å². The largest absolute Gasteiger partial charge is 0.461 e. The lowest BCUT2D eigenvalue weighted by Crippen LogP contribution is -2.10. The van der Waals surface area contributed by atoms with Crippen LogP contribution in [0.15, 0.2) is 16.7 Å². The molecule has 0 aliphatic heterocycles. The first-order chi connectivity index (χ1) is 9.11. The van der Waals surface area contributed by atoms with Gasteiger partial charge in [0.1, 0.15) is 0 Å². The molecule has 6 heteroatoms. The van der Waals surface area contributed by atoms with E-state index < -0.39 is 0 Å². The number of fused-ring (bicyclic) bond motifs is 1. The van der Waals surface area contributed by atoms with Crippen molar-refractivity contribution >= 4 is 39.1 Å². The number of aromatic nitrogens is 2. The number of rotatable bonds is 3. The zero-order chi connectivity index (χ0) is 13.6. The standard InChI is InChI=1S/C13H12BrClN2O2/c1-2-19-13(18)11-10(7-3-4-7)16-12-9(15)5-8(14)6-17(11)12/h5-7H,2-4H2,1H3. The first-order valence-corrected chi connectivity index (χ1v) is 7.33. The Balaban J connectivity index is 2.25. The number of carbonyl (C=O) groups is 1. The van der Waals surface area contributed by atoms with Gasteiger partial charge >= 0.3 is 5.97 Å². The number of imidazole rings is 1. The summed E-state index contributed by atoms with van der Waals surface area (Å²) in [5.41, 5.74) is 1.91. The van der Waals surface area contributed by atoms with E-state index in [0.29, 0.717) is 28.9 Å². The van der Waals surface area contributed by atoms with Gasteiger partial charge in [-0.15, -0.1) is 0 Å². The second kappa shape index (κ2) is 4.80. The van der Waals surface area contributed by atoms with E-state index in [1.54, 1.807) is 23.6 Å². The lowest BCUT2D eigenvalue weighted by Gasteiger charge is -2.04. The molecule has 1 aliphatic rings. The van der Waals surface area contributed by atoms with Crippen molar-refractivity contribution in [3.8, 4) is 0 Å². The third-order valence-electron chi connectivity index (χ3n) is 3.10. The van der Waals surface area contributed by atoms with Crippen molar-refractivity contribution in [2.45, 2.75) is 25.7 Å². The van der Waals surface area contributed by atoms with Gasteiger partial charge in [0.05, 0.1) is 17.3 Å². The van der Waals surface area contributed by atoms with Gasteiger partial charge < -0.3 is 4.74 Å². The van der Waals surface area contributed by atoms with E-state index in [4.69, 9.17) is 16.3 Å². The first kappa shape index (κ1) is 12.9. The molecule has 2 heterocycles. The molecule has 4 nitrogen and oxygen atoms in total. The summed E-state index contributed by atoms with van der Waals surface area (Å²) >= 11 is 9.57. The van der Waals surface area contributed by atoms with Crippen LogP contribution in [-0.2, 0) is 4.74 Å². The molecule has 0 aromatic carbocycles. The monoisotopic (exact) mass is 342 g/mol. The zero-order valence-electron chi connectivity index (χ0n) is 10.3. The van der Waals surface area contributed by atoms with E-state index in [-0.39, 0.29) is 5.97 Å². The number of pyridine rings is 1.